The molecule has 16 heavy (non-hydrogen) atoms. The summed E-state index contributed by atoms with van der Waals surface area (Å²) in [7, 11) is 0. The zero-order valence-corrected chi connectivity index (χ0v) is 10.6. The van der Waals surface area contributed by atoms with Gasteiger partial charge in [-0.1, -0.05) is 13.8 Å². The Balaban J connectivity index is 2.25. The number of nitriles is 1. The summed E-state index contributed by atoms with van der Waals surface area (Å²) in [5.74, 6) is 1.85. The molecule has 0 amide bonds. The van der Waals surface area contributed by atoms with Crippen molar-refractivity contribution in [2.45, 2.75) is 25.5 Å². The van der Waals surface area contributed by atoms with Crippen molar-refractivity contribution in [1.29, 1.82) is 5.26 Å². The maximum atomic E-state index is 8.64. The number of hydrogen-bond acceptors (Lipinski definition) is 3. The van der Waals surface area contributed by atoms with Crippen molar-refractivity contribution in [3.05, 3.63) is 29.8 Å². The molecule has 0 bridgehead atoms. The van der Waals surface area contributed by atoms with Gasteiger partial charge >= 0.3 is 0 Å². The first-order valence-electron chi connectivity index (χ1n) is 5.50. The van der Waals surface area contributed by atoms with E-state index in [1.54, 1.807) is 12.1 Å². The van der Waals surface area contributed by atoms with Gasteiger partial charge in [0.05, 0.1) is 18.2 Å². The van der Waals surface area contributed by atoms with Crippen LogP contribution in [0.3, 0.4) is 0 Å². The first kappa shape index (κ1) is 12.9. The Bertz CT molecular complexity index is 342. The van der Waals surface area contributed by atoms with E-state index < -0.39 is 0 Å². The van der Waals surface area contributed by atoms with Crippen LogP contribution in [0.25, 0.3) is 0 Å². The first-order valence-corrected chi connectivity index (χ1v) is 6.55. The summed E-state index contributed by atoms with van der Waals surface area (Å²) >= 11 is 1.93. The van der Waals surface area contributed by atoms with Crippen LogP contribution in [0.4, 0.5) is 0 Å². The fraction of sp³-hybridized carbons (Fsp3) is 0.462. The van der Waals surface area contributed by atoms with Gasteiger partial charge in [0, 0.05) is 11.0 Å². The van der Waals surface area contributed by atoms with Crippen molar-refractivity contribution in [3.8, 4) is 11.8 Å². The zero-order chi connectivity index (χ0) is 11.8. The minimum atomic E-state index is 0.668. The van der Waals surface area contributed by atoms with Gasteiger partial charge in [-0.15, -0.1) is 0 Å². The lowest BCUT2D eigenvalue weighted by atomic mass is 10.2. The third kappa shape index (κ3) is 4.59. The summed E-state index contributed by atoms with van der Waals surface area (Å²) in [5, 5.41) is 9.34. The van der Waals surface area contributed by atoms with Crippen molar-refractivity contribution in [3.63, 3.8) is 0 Å². The largest absolute Gasteiger partial charge is 0.493 e. The Morgan fingerprint density at radius 1 is 1.38 bits per heavy atom. The van der Waals surface area contributed by atoms with Crippen molar-refractivity contribution >= 4 is 11.8 Å². The number of benzene rings is 1. The Labute approximate surface area is 102 Å². The molecule has 0 aromatic heterocycles. The molecule has 0 fully saturated rings. The van der Waals surface area contributed by atoms with Crippen LogP contribution in [0.2, 0.25) is 0 Å². The van der Waals surface area contributed by atoms with Crippen LogP contribution < -0.4 is 4.74 Å². The van der Waals surface area contributed by atoms with Crippen molar-refractivity contribution in [2.75, 3.05) is 12.4 Å². The predicted octanol–water partition coefficient (Wildman–Crippen LogP) is 3.47. The van der Waals surface area contributed by atoms with Crippen LogP contribution in [0.15, 0.2) is 24.3 Å². The number of ether oxygens (including phenoxy) is 1. The highest BCUT2D eigenvalue weighted by Crippen LogP contribution is 2.15. The van der Waals surface area contributed by atoms with E-state index in [0.717, 1.165) is 18.1 Å². The fourth-order valence-corrected chi connectivity index (χ4v) is 1.97. The van der Waals surface area contributed by atoms with Crippen LogP contribution in [-0.4, -0.2) is 17.6 Å². The second-order valence-corrected chi connectivity index (χ2v) is 5.12. The Morgan fingerprint density at radius 2 is 2.06 bits per heavy atom. The second kappa shape index (κ2) is 7.19. The van der Waals surface area contributed by atoms with Gasteiger partial charge in [-0.3, -0.25) is 0 Å². The van der Waals surface area contributed by atoms with E-state index in [0.29, 0.717) is 10.8 Å². The van der Waals surface area contributed by atoms with Crippen molar-refractivity contribution in [1.82, 2.24) is 0 Å². The van der Waals surface area contributed by atoms with Crippen LogP contribution in [0.1, 0.15) is 25.8 Å². The smallest absolute Gasteiger partial charge is 0.119 e. The predicted molar refractivity (Wildman–Crippen MR) is 68.9 cm³/mol. The average molecular weight is 235 g/mol. The molecule has 86 valence electrons. The molecule has 1 atom stereocenters. The molecule has 1 unspecified atom stereocenters. The van der Waals surface area contributed by atoms with E-state index in [2.05, 4.69) is 19.9 Å². The third-order valence-electron chi connectivity index (χ3n) is 2.31. The molecule has 1 aromatic rings. The minimum Gasteiger partial charge on any atom is -0.493 e. The van der Waals surface area contributed by atoms with Gasteiger partial charge in [0.15, 0.2) is 0 Å². The maximum Gasteiger partial charge on any atom is 0.119 e. The molecule has 1 rings (SSSR count). The SMILES string of the molecule is CCC(C)SCCOc1ccc(C#N)cc1. The van der Waals surface area contributed by atoms with E-state index >= 15 is 0 Å². The number of rotatable bonds is 6. The van der Waals surface area contributed by atoms with Crippen LogP contribution >= 0.6 is 11.8 Å². The lowest BCUT2D eigenvalue weighted by Gasteiger charge is -2.09. The Kier molecular flexibility index (Phi) is 5.81. The molecule has 0 N–H and O–H groups in total. The van der Waals surface area contributed by atoms with Gasteiger partial charge < -0.3 is 4.74 Å². The van der Waals surface area contributed by atoms with E-state index in [-0.39, 0.29) is 0 Å². The lowest BCUT2D eigenvalue weighted by molar-refractivity contribution is 0.344. The van der Waals surface area contributed by atoms with Gasteiger partial charge in [0.25, 0.3) is 0 Å². The highest BCUT2D eigenvalue weighted by atomic mass is 32.2. The normalized spacial score (nSPS) is 11.8. The molecule has 0 aliphatic rings. The molecule has 0 aliphatic heterocycles. The van der Waals surface area contributed by atoms with Gasteiger partial charge in [-0.2, -0.15) is 17.0 Å². The third-order valence-corrected chi connectivity index (χ3v) is 3.62. The van der Waals surface area contributed by atoms with Gasteiger partial charge in [-0.25, -0.2) is 0 Å². The van der Waals surface area contributed by atoms with E-state index in [9.17, 15) is 0 Å². The zero-order valence-electron chi connectivity index (χ0n) is 9.77. The Morgan fingerprint density at radius 3 is 2.62 bits per heavy atom. The summed E-state index contributed by atoms with van der Waals surface area (Å²) in [6, 6.07) is 9.31. The van der Waals surface area contributed by atoms with Gasteiger partial charge in [0.1, 0.15) is 5.75 Å². The number of thioether (sulfide) groups is 1. The maximum absolute atomic E-state index is 8.64. The average Bonchev–Trinajstić information content (AvgIpc) is 2.35. The summed E-state index contributed by atoms with van der Waals surface area (Å²) in [6.45, 7) is 5.15. The molecule has 0 spiro atoms. The molecular formula is C13H17NOS. The molecule has 0 heterocycles. The van der Waals surface area contributed by atoms with E-state index in [1.807, 2.05) is 23.9 Å². The standard InChI is InChI=1S/C13H17NOS/c1-3-11(2)16-9-8-15-13-6-4-12(10-14)5-7-13/h4-7,11H,3,8-9H2,1-2H3. The van der Waals surface area contributed by atoms with E-state index in [4.69, 9.17) is 10.00 Å². The number of hydrogen-bond donors (Lipinski definition) is 0. The molecule has 0 saturated heterocycles. The van der Waals surface area contributed by atoms with Crippen LogP contribution in [0.5, 0.6) is 5.75 Å². The van der Waals surface area contributed by atoms with Crippen LogP contribution in [0, 0.1) is 11.3 Å². The van der Waals surface area contributed by atoms with Gasteiger partial charge in [0.2, 0.25) is 0 Å². The monoisotopic (exact) mass is 235 g/mol. The molecule has 0 radical (unpaired) electrons. The minimum absolute atomic E-state index is 0.668. The van der Waals surface area contributed by atoms with Crippen molar-refractivity contribution in [2.24, 2.45) is 0 Å². The molecule has 2 nitrogen and oxygen atoms in total. The molecule has 0 saturated carbocycles. The summed E-state index contributed by atoms with van der Waals surface area (Å²) in [4.78, 5) is 0. The molecule has 0 aliphatic carbocycles. The topological polar surface area (TPSA) is 33.0 Å². The quantitative estimate of drug-likeness (QED) is 0.708. The molecule has 1 aromatic carbocycles. The highest BCUT2D eigenvalue weighted by Gasteiger charge is 1.99. The Hall–Kier alpha value is -1.14. The van der Waals surface area contributed by atoms with Gasteiger partial charge in [-0.05, 0) is 30.7 Å². The van der Waals surface area contributed by atoms with E-state index in [1.165, 1.54) is 6.42 Å². The van der Waals surface area contributed by atoms with Crippen molar-refractivity contribution < 1.29 is 4.74 Å². The summed E-state index contributed by atoms with van der Waals surface area (Å²) < 4.78 is 5.57. The highest BCUT2D eigenvalue weighted by molar-refractivity contribution is 7.99. The van der Waals surface area contributed by atoms with Crippen LogP contribution in [-0.2, 0) is 0 Å². The molecular weight excluding hydrogens is 218 g/mol. The second-order valence-electron chi connectivity index (χ2n) is 3.57. The summed E-state index contributed by atoms with van der Waals surface area (Å²) in [6.07, 6.45) is 1.20. The number of nitrogens with zero attached hydrogens (tertiary/aromatic N) is 1. The molecule has 3 heteroatoms. The fourth-order valence-electron chi connectivity index (χ4n) is 1.15. The first-order chi connectivity index (χ1) is 7.76. The lowest BCUT2D eigenvalue weighted by Crippen LogP contribution is -2.03. The summed E-state index contributed by atoms with van der Waals surface area (Å²) in [5.41, 5.74) is 0.668.